The highest BCUT2D eigenvalue weighted by Gasteiger charge is 2.27. The SMILES string of the molecule is Cc1cc(N(C)C)nc(N2CCN(C(=O)C(C)Oc3ccccc3)CC2)n1. The average Bonchev–Trinajstić information content (AvgIpc) is 2.67. The van der Waals surface area contributed by atoms with Crippen LogP contribution in [-0.2, 0) is 4.79 Å². The van der Waals surface area contributed by atoms with Crippen molar-refractivity contribution in [3.63, 3.8) is 0 Å². The maximum absolute atomic E-state index is 12.7. The summed E-state index contributed by atoms with van der Waals surface area (Å²) in [5, 5.41) is 0. The number of aryl methyl sites for hydroxylation is 1. The maximum atomic E-state index is 12.7. The Balaban J connectivity index is 1.59. The molecular weight excluding hydrogens is 342 g/mol. The Kier molecular flexibility index (Phi) is 5.78. The number of carbonyl (C=O) groups is 1. The molecule has 7 nitrogen and oxygen atoms in total. The van der Waals surface area contributed by atoms with Crippen LogP contribution in [0.5, 0.6) is 5.75 Å². The fourth-order valence-corrected chi connectivity index (χ4v) is 3.04. The summed E-state index contributed by atoms with van der Waals surface area (Å²) in [5.74, 6) is 2.33. The Hall–Kier alpha value is -2.83. The third-order valence-electron chi connectivity index (χ3n) is 4.57. The van der Waals surface area contributed by atoms with Gasteiger partial charge in [-0.25, -0.2) is 4.98 Å². The number of carbonyl (C=O) groups excluding carboxylic acids is 1. The molecule has 7 heteroatoms. The monoisotopic (exact) mass is 369 g/mol. The smallest absolute Gasteiger partial charge is 0.263 e. The molecule has 0 bridgehead atoms. The van der Waals surface area contributed by atoms with E-state index >= 15 is 0 Å². The Morgan fingerprint density at radius 2 is 1.78 bits per heavy atom. The topological polar surface area (TPSA) is 61.8 Å². The molecular formula is C20H27N5O2. The first-order valence-corrected chi connectivity index (χ1v) is 9.22. The Morgan fingerprint density at radius 3 is 2.41 bits per heavy atom. The Morgan fingerprint density at radius 1 is 1.11 bits per heavy atom. The largest absolute Gasteiger partial charge is 0.481 e. The summed E-state index contributed by atoms with van der Waals surface area (Å²) in [6, 6.07) is 11.4. The number of rotatable bonds is 5. The molecule has 2 aromatic rings. The number of piperazine rings is 1. The van der Waals surface area contributed by atoms with Crippen molar-refractivity contribution in [3.05, 3.63) is 42.1 Å². The van der Waals surface area contributed by atoms with Crippen LogP contribution < -0.4 is 14.5 Å². The number of hydrogen-bond donors (Lipinski definition) is 0. The molecule has 0 radical (unpaired) electrons. The highest BCUT2D eigenvalue weighted by Crippen LogP contribution is 2.18. The molecule has 1 aromatic carbocycles. The van der Waals surface area contributed by atoms with Crippen LogP contribution >= 0.6 is 0 Å². The second-order valence-corrected chi connectivity index (χ2v) is 6.95. The zero-order valence-electron chi connectivity index (χ0n) is 16.4. The maximum Gasteiger partial charge on any atom is 0.263 e. The van der Waals surface area contributed by atoms with Crippen molar-refractivity contribution < 1.29 is 9.53 Å². The summed E-state index contributed by atoms with van der Waals surface area (Å²) in [5.41, 5.74) is 0.937. The molecule has 1 amide bonds. The third-order valence-corrected chi connectivity index (χ3v) is 4.57. The van der Waals surface area contributed by atoms with Gasteiger partial charge in [-0.15, -0.1) is 0 Å². The minimum absolute atomic E-state index is 0.0117. The number of nitrogens with zero attached hydrogens (tertiary/aromatic N) is 5. The van der Waals surface area contributed by atoms with Gasteiger partial charge in [0, 0.05) is 52.0 Å². The van der Waals surface area contributed by atoms with Crippen molar-refractivity contribution in [2.45, 2.75) is 20.0 Å². The molecule has 0 spiro atoms. The molecule has 1 aliphatic heterocycles. The van der Waals surface area contributed by atoms with Crippen LogP contribution in [0.15, 0.2) is 36.4 Å². The van der Waals surface area contributed by atoms with E-state index in [1.54, 1.807) is 6.92 Å². The van der Waals surface area contributed by atoms with E-state index in [0.717, 1.165) is 17.5 Å². The lowest BCUT2D eigenvalue weighted by Gasteiger charge is -2.36. The first-order chi connectivity index (χ1) is 12.9. The van der Waals surface area contributed by atoms with E-state index in [-0.39, 0.29) is 5.91 Å². The van der Waals surface area contributed by atoms with E-state index in [9.17, 15) is 4.79 Å². The van der Waals surface area contributed by atoms with Crippen LogP contribution in [0.3, 0.4) is 0 Å². The van der Waals surface area contributed by atoms with Gasteiger partial charge in [-0.1, -0.05) is 18.2 Å². The number of ether oxygens (including phenoxy) is 1. The zero-order chi connectivity index (χ0) is 19.4. The summed E-state index contributed by atoms with van der Waals surface area (Å²) in [6.07, 6.45) is -0.505. The van der Waals surface area contributed by atoms with Gasteiger partial charge in [0.25, 0.3) is 5.91 Å². The summed E-state index contributed by atoms with van der Waals surface area (Å²) < 4.78 is 5.76. The first kappa shape index (κ1) is 18.9. The molecule has 2 heterocycles. The molecule has 0 aliphatic carbocycles. The van der Waals surface area contributed by atoms with Gasteiger partial charge in [-0.3, -0.25) is 4.79 Å². The minimum atomic E-state index is -0.505. The van der Waals surface area contributed by atoms with Gasteiger partial charge < -0.3 is 19.4 Å². The van der Waals surface area contributed by atoms with Crippen LogP contribution in [0.1, 0.15) is 12.6 Å². The van der Waals surface area contributed by atoms with Crippen molar-refractivity contribution in [3.8, 4) is 5.75 Å². The van der Waals surface area contributed by atoms with Gasteiger partial charge in [0.15, 0.2) is 6.10 Å². The second-order valence-electron chi connectivity index (χ2n) is 6.95. The fourth-order valence-electron chi connectivity index (χ4n) is 3.04. The van der Waals surface area contributed by atoms with Crippen LogP contribution in [0.2, 0.25) is 0 Å². The van der Waals surface area contributed by atoms with Gasteiger partial charge >= 0.3 is 0 Å². The lowest BCUT2D eigenvalue weighted by Crippen LogP contribution is -2.52. The molecule has 27 heavy (non-hydrogen) atoms. The standard InChI is InChI=1S/C20H27N5O2/c1-15-14-18(23(3)4)22-20(21-15)25-12-10-24(11-13-25)19(26)16(2)27-17-8-6-5-7-9-17/h5-9,14,16H,10-13H2,1-4H3. The molecule has 1 saturated heterocycles. The second kappa shape index (κ2) is 8.24. The van der Waals surface area contributed by atoms with Crippen LogP contribution in [0.4, 0.5) is 11.8 Å². The molecule has 0 N–H and O–H groups in total. The highest BCUT2D eigenvalue weighted by molar-refractivity contribution is 5.81. The highest BCUT2D eigenvalue weighted by atomic mass is 16.5. The number of anilines is 2. The van der Waals surface area contributed by atoms with Gasteiger partial charge in [0.2, 0.25) is 5.95 Å². The van der Waals surface area contributed by atoms with Crippen molar-refractivity contribution >= 4 is 17.7 Å². The van der Waals surface area contributed by atoms with Gasteiger partial charge in [0.1, 0.15) is 11.6 Å². The molecule has 1 unspecified atom stereocenters. The normalized spacial score (nSPS) is 15.4. The van der Waals surface area contributed by atoms with E-state index in [4.69, 9.17) is 4.74 Å². The molecule has 3 rings (SSSR count). The van der Waals surface area contributed by atoms with Crippen LogP contribution in [-0.4, -0.2) is 67.2 Å². The van der Waals surface area contributed by atoms with Crippen LogP contribution in [0.25, 0.3) is 0 Å². The quantitative estimate of drug-likeness (QED) is 0.803. The lowest BCUT2D eigenvalue weighted by atomic mass is 10.2. The van der Waals surface area contributed by atoms with Gasteiger partial charge in [-0.05, 0) is 26.0 Å². The predicted octanol–water partition coefficient (Wildman–Crippen LogP) is 1.97. The summed E-state index contributed by atoms with van der Waals surface area (Å²) in [6.45, 7) is 6.46. The molecule has 1 atom stereocenters. The molecule has 1 fully saturated rings. The van der Waals surface area contributed by atoms with Crippen molar-refractivity contribution in [1.82, 2.24) is 14.9 Å². The first-order valence-electron chi connectivity index (χ1n) is 9.22. The van der Waals surface area contributed by atoms with E-state index in [1.165, 1.54) is 0 Å². The number of benzene rings is 1. The molecule has 0 saturated carbocycles. The molecule has 1 aromatic heterocycles. The van der Waals surface area contributed by atoms with Crippen LogP contribution in [0, 0.1) is 6.92 Å². The number of aromatic nitrogens is 2. The van der Waals surface area contributed by atoms with E-state index in [2.05, 4.69) is 14.9 Å². The Labute approximate surface area is 160 Å². The van der Waals surface area contributed by atoms with Gasteiger partial charge in [-0.2, -0.15) is 4.98 Å². The number of para-hydroxylation sites is 1. The Bertz CT molecular complexity index is 773. The summed E-state index contributed by atoms with van der Waals surface area (Å²) >= 11 is 0. The molecule has 144 valence electrons. The minimum Gasteiger partial charge on any atom is -0.481 e. The predicted molar refractivity (Wildman–Crippen MR) is 106 cm³/mol. The zero-order valence-corrected chi connectivity index (χ0v) is 16.4. The van der Waals surface area contributed by atoms with Crippen molar-refractivity contribution in [2.75, 3.05) is 50.1 Å². The van der Waals surface area contributed by atoms with Gasteiger partial charge in [0.05, 0.1) is 0 Å². The molecule has 1 aliphatic rings. The average molecular weight is 369 g/mol. The van der Waals surface area contributed by atoms with Crippen molar-refractivity contribution in [2.24, 2.45) is 0 Å². The lowest BCUT2D eigenvalue weighted by molar-refractivity contribution is -0.138. The fraction of sp³-hybridized carbons (Fsp3) is 0.450. The summed E-state index contributed by atoms with van der Waals surface area (Å²) in [7, 11) is 3.94. The van der Waals surface area contributed by atoms with E-state index < -0.39 is 6.10 Å². The summed E-state index contributed by atoms with van der Waals surface area (Å²) in [4.78, 5) is 27.8. The van der Waals surface area contributed by atoms with E-state index in [0.29, 0.717) is 31.9 Å². The number of hydrogen-bond acceptors (Lipinski definition) is 6. The third kappa shape index (κ3) is 4.67. The van der Waals surface area contributed by atoms with Crippen molar-refractivity contribution in [1.29, 1.82) is 0 Å². The van der Waals surface area contributed by atoms with E-state index in [1.807, 2.05) is 67.2 Å². The number of amides is 1.